The summed E-state index contributed by atoms with van der Waals surface area (Å²) in [6, 6.07) is 3.94. The van der Waals surface area contributed by atoms with Crippen molar-refractivity contribution >= 4 is 22.1 Å². The molecule has 1 aromatic carbocycles. The van der Waals surface area contributed by atoms with Crippen molar-refractivity contribution in [3.8, 4) is 5.69 Å². The monoisotopic (exact) mass is 485 g/mol. The van der Waals surface area contributed by atoms with Crippen LogP contribution < -0.4 is 3.71 Å². The van der Waals surface area contributed by atoms with Gasteiger partial charge in [-0.1, -0.05) is 0 Å². The van der Waals surface area contributed by atoms with Crippen molar-refractivity contribution in [3.05, 3.63) is 35.5 Å². The number of hydrogen-bond donors (Lipinski definition) is 0. The molecule has 3 nitrogen and oxygen atoms in total. The van der Waals surface area contributed by atoms with Crippen LogP contribution in [0.25, 0.3) is 5.69 Å². The third kappa shape index (κ3) is 5.09. The Morgan fingerprint density at radius 1 is 0.889 bits per heavy atom. The zero-order valence-electron chi connectivity index (χ0n) is 17.2. The Balaban J connectivity index is 2.53. The van der Waals surface area contributed by atoms with Crippen LogP contribution in [0.15, 0.2) is 18.2 Å². The zero-order valence-corrected chi connectivity index (χ0v) is 20.0. The van der Waals surface area contributed by atoms with Crippen molar-refractivity contribution in [1.82, 2.24) is 15.0 Å². The molecule has 0 saturated carbocycles. The fourth-order valence-electron chi connectivity index (χ4n) is 4.00. The second-order valence-corrected chi connectivity index (χ2v) is 20.5. The molecular formula is C21H33F2N3Sn. The molecule has 2 aromatic rings. The fraction of sp³-hybridized carbons (Fsp3) is 0.619. The number of benzene rings is 1. The van der Waals surface area contributed by atoms with E-state index >= 15 is 0 Å². The van der Waals surface area contributed by atoms with Crippen LogP contribution in [0.2, 0.25) is 13.3 Å². The van der Waals surface area contributed by atoms with Crippen molar-refractivity contribution in [2.75, 3.05) is 0 Å². The van der Waals surface area contributed by atoms with Crippen LogP contribution in [0.1, 0.15) is 65.0 Å². The number of unbranched alkanes of at least 4 members (excludes halogenated alkanes) is 3. The molecule has 6 heteroatoms. The summed E-state index contributed by atoms with van der Waals surface area (Å²) >= 11 is -2.79. The first-order valence-corrected chi connectivity index (χ1v) is 17.9. The van der Waals surface area contributed by atoms with E-state index in [9.17, 15) is 8.78 Å². The van der Waals surface area contributed by atoms with Crippen LogP contribution in [-0.2, 0) is 0 Å². The summed E-state index contributed by atoms with van der Waals surface area (Å²) in [7, 11) is 0. The Labute approximate surface area is 166 Å². The summed E-state index contributed by atoms with van der Waals surface area (Å²) in [6.07, 6.45) is 7.15. The first kappa shape index (κ1) is 22.3. The van der Waals surface area contributed by atoms with Crippen molar-refractivity contribution in [2.24, 2.45) is 0 Å². The Kier molecular flexibility index (Phi) is 8.70. The van der Waals surface area contributed by atoms with E-state index in [4.69, 9.17) is 0 Å². The maximum atomic E-state index is 14.3. The summed E-state index contributed by atoms with van der Waals surface area (Å²) < 4.78 is 34.9. The van der Waals surface area contributed by atoms with Crippen LogP contribution in [0, 0.1) is 18.6 Å². The summed E-state index contributed by atoms with van der Waals surface area (Å²) in [6.45, 7) is 8.63. The second kappa shape index (κ2) is 10.5. The van der Waals surface area contributed by atoms with Gasteiger partial charge in [0.05, 0.1) is 0 Å². The predicted molar refractivity (Wildman–Crippen MR) is 111 cm³/mol. The summed E-state index contributed by atoms with van der Waals surface area (Å²) in [5, 5.41) is 8.82. The quantitative estimate of drug-likeness (QED) is 0.372. The van der Waals surface area contributed by atoms with Gasteiger partial charge in [-0.3, -0.25) is 0 Å². The van der Waals surface area contributed by atoms with Crippen molar-refractivity contribution in [3.63, 3.8) is 0 Å². The number of halogens is 2. The third-order valence-electron chi connectivity index (χ3n) is 5.57. The van der Waals surface area contributed by atoms with Gasteiger partial charge in [-0.2, -0.15) is 0 Å². The molecule has 2 rings (SSSR count). The summed E-state index contributed by atoms with van der Waals surface area (Å²) in [5.41, 5.74) is 0.744. The number of para-hydroxylation sites is 1. The van der Waals surface area contributed by atoms with Crippen LogP contribution in [0.5, 0.6) is 0 Å². The molecule has 0 bridgehead atoms. The van der Waals surface area contributed by atoms with Crippen molar-refractivity contribution < 1.29 is 8.78 Å². The Hall–Kier alpha value is -0.981. The summed E-state index contributed by atoms with van der Waals surface area (Å²) in [4.78, 5) is 0. The molecule has 0 aliphatic rings. The SMILES string of the molecule is CCC[CH2][Sn]([CH2]CCC)([CH2]CCC)[c]1nnn(-c2c(F)cccc2F)c1C. The molecular weight excluding hydrogens is 451 g/mol. The van der Waals surface area contributed by atoms with Gasteiger partial charge in [-0.05, 0) is 0 Å². The maximum absolute atomic E-state index is 14.3. The Morgan fingerprint density at radius 3 is 1.81 bits per heavy atom. The molecule has 0 aliphatic carbocycles. The molecule has 1 aromatic heterocycles. The molecule has 0 spiro atoms. The first-order valence-electron chi connectivity index (χ1n) is 10.4. The Bertz CT molecular complexity index is 688. The average Bonchev–Trinajstić information content (AvgIpc) is 3.03. The van der Waals surface area contributed by atoms with E-state index in [1.165, 1.54) is 74.7 Å². The number of aromatic nitrogens is 3. The van der Waals surface area contributed by atoms with Crippen molar-refractivity contribution in [2.45, 2.75) is 79.5 Å². The molecule has 0 amide bonds. The third-order valence-corrected chi connectivity index (χ3v) is 21.0. The van der Waals surface area contributed by atoms with Gasteiger partial charge in [0.2, 0.25) is 0 Å². The van der Waals surface area contributed by atoms with Gasteiger partial charge in [0.1, 0.15) is 0 Å². The van der Waals surface area contributed by atoms with E-state index in [0.29, 0.717) is 0 Å². The molecule has 0 atom stereocenters. The second-order valence-electron chi connectivity index (χ2n) is 7.60. The minimum absolute atomic E-state index is 0.101. The van der Waals surface area contributed by atoms with Gasteiger partial charge in [0, 0.05) is 0 Å². The van der Waals surface area contributed by atoms with Crippen molar-refractivity contribution in [1.29, 1.82) is 0 Å². The van der Waals surface area contributed by atoms with E-state index in [-0.39, 0.29) is 5.69 Å². The van der Waals surface area contributed by atoms with E-state index in [1.54, 1.807) is 0 Å². The standard InChI is InChI=1S/C9H6F2N3.3C4H9.Sn/c1-6-5-12-13-14(6)9-7(10)3-2-4-8(9)11;3*1-3-4-2;/h2-4H,1H3;3*1,3-4H2,2H3;. The van der Waals surface area contributed by atoms with Gasteiger partial charge in [-0.25, -0.2) is 0 Å². The van der Waals surface area contributed by atoms with E-state index in [1.807, 2.05) is 6.92 Å². The normalized spacial score (nSPS) is 11.9. The van der Waals surface area contributed by atoms with Gasteiger partial charge >= 0.3 is 167 Å². The first-order chi connectivity index (χ1) is 13.0. The number of nitrogens with zero attached hydrogens (tertiary/aromatic N) is 3. The van der Waals surface area contributed by atoms with Gasteiger partial charge in [0.15, 0.2) is 0 Å². The molecule has 0 fully saturated rings. The molecule has 0 radical (unpaired) electrons. The molecule has 27 heavy (non-hydrogen) atoms. The number of rotatable bonds is 11. The molecule has 0 unspecified atom stereocenters. The van der Waals surface area contributed by atoms with E-state index in [0.717, 1.165) is 9.40 Å². The van der Waals surface area contributed by atoms with Crippen LogP contribution in [0.4, 0.5) is 8.78 Å². The summed E-state index contributed by atoms with van der Waals surface area (Å²) in [5.74, 6) is -1.18. The average molecular weight is 484 g/mol. The van der Waals surface area contributed by atoms with Crippen LogP contribution in [0.3, 0.4) is 0 Å². The predicted octanol–water partition coefficient (Wildman–Crippen LogP) is 5.91. The molecule has 150 valence electrons. The van der Waals surface area contributed by atoms with Crippen LogP contribution in [-0.4, -0.2) is 33.4 Å². The zero-order chi connectivity index (χ0) is 19.9. The number of hydrogen-bond acceptors (Lipinski definition) is 2. The molecule has 0 N–H and O–H groups in total. The van der Waals surface area contributed by atoms with E-state index < -0.39 is 30.0 Å². The fourth-order valence-corrected chi connectivity index (χ4v) is 20.2. The molecule has 0 aliphatic heterocycles. The van der Waals surface area contributed by atoms with Gasteiger partial charge < -0.3 is 0 Å². The molecule has 1 heterocycles. The topological polar surface area (TPSA) is 30.7 Å². The van der Waals surface area contributed by atoms with Gasteiger partial charge in [0.25, 0.3) is 0 Å². The van der Waals surface area contributed by atoms with Crippen LogP contribution >= 0.6 is 0 Å². The molecule has 0 saturated heterocycles. The minimum atomic E-state index is -2.79. The Morgan fingerprint density at radius 2 is 1.37 bits per heavy atom. The van der Waals surface area contributed by atoms with E-state index in [2.05, 4.69) is 31.1 Å². The van der Waals surface area contributed by atoms with Gasteiger partial charge in [-0.15, -0.1) is 0 Å².